The van der Waals surface area contributed by atoms with Gasteiger partial charge in [0.25, 0.3) is 0 Å². The van der Waals surface area contributed by atoms with Crippen LogP contribution in [0.3, 0.4) is 0 Å². The summed E-state index contributed by atoms with van der Waals surface area (Å²) in [5.41, 5.74) is 3.94. The second kappa shape index (κ2) is 16.7. The van der Waals surface area contributed by atoms with Gasteiger partial charge in [0, 0.05) is 0 Å². The Balaban J connectivity index is 1.35. The Kier molecular flexibility index (Phi) is 12.3. The Morgan fingerprint density at radius 2 is 1.23 bits per heavy atom. The molecule has 1 aliphatic heterocycles. The zero-order valence-electron chi connectivity index (χ0n) is 23.4. The highest BCUT2D eigenvalue weighted by Crippen LogP contribution is 2.30. The largest absolute Gasteiger partial charge is 0.487 e. The molecule has 7 heteroatoms. The van der Waals surface area contributed by atoms with Crippen LogP contribution >= 0.6 is 0 Å². The van der Waals surface area contributed by atoms with Crippen molar-refractivity contribution < 1.29 is 33.2 Å². The molecule has 0 saturated carbocycles. The van der Waals surface area contributed by atoms with Crippen molar-refractivity contribution in [2.45, 2.75) is 39.0 Å². The second-order valence-corrected chi connectivity index (χ2v) is 9.62. The summed E-state index contributed by atoms with van der Waals surface area (Å²) in [7, 11) is 0. The quantitative estimate of drug-likeness (QED) is 0.180. The smallest absolute Gasteiger partial charge is 0.343 e. The minimum absolute atomic E-state index is 0.312. The van der Waals surface area contributed by atoms with E-state index in [9.17, 15) is 4.79 Å². The first-order chi connectivity index (χ1) is 19.7. The van der Waals surface area contributed by atoms with Crippen LogP contribution < -0.4 is 14.2 Å². The molecule has 1 aliphatic rings. The van der Waals surface area contributed by atoms with E-state index < -0.39 is 5.97 Å². The van der Waals surface area contributed by atoms with Gasteiger partial charge >= 0.3 is 5.97 Å². The summed E-state index contributed by atoms with van der Waals surface area (Å²) in [4.78, 5) is 12.9. The van der Waals surface area contributed by atoms with E-state index >= 15 is 0 Å². The number of unbranched alkanes of at least 4 members (excludes halogenated alkanes) is 3. The number of rotatable bonds is 8. The highest BCUT2D eigenvalue weighted by Gasteiger charge is 2.15. The van der Waals surface area contributed by atoms with Crippen molar-refractivity contribution in [3.05, 3.63) is 77.9 Å². The number of aryl methyl sites for hydroxylation is 1. The van der Waals surface area contributed by atoms with E-state index in [4.69, 9.17) is 28.4 Å². The minimum atomic E-state index is -0.473. The van der Waals surface area contributed by atoms with Gasteiger partial charge in [-0.3, -0.25) is 0 Å². The van der Waals surface area contributed by atoms with Crippen LogP contribution in [0.15, 0.2) is 66.7 Å². The Labute approximate surface area is 237 Å². The Morgan fingerprint density at radius 1 is 0.650 bits per heavy atom. The second-order valence-electron chi connectivity index (χ2n) is 9.62. The van der Waals surface area contributed by atoms with Gasteiger partial charge in [-0.05, 0) is 59.9 Å². The van der Waals surface area contributed by atoms with Crippen molar-refractivity contribution in [2.75, 3.05) is 52.9 Å². The van der Waals surface area contributed by atoms with Gasteiger partial charge in [0.1, 0.15) is 19.0 Å². The van der Waals surface area contributed by atoms with Crippen LogP contribution in [-0.4, -0.2) is 58.8 Å². The number of hydrogen-bond acceptors (Lipinski definition) is 7. The van der Waals surface area contributed by atoms with Crippen LogP contribution in [0.4, 0.5) is 0 Å². The first-order valence-corrected chi connectivity index (χ1v) is 14.3. The maximum atomic E-state index is 12.9. The molecule has 0 N–H and O–H groups in total. The van der Waals surface area contributed by atoms with Gasteiger partial charge in [-0.1, -0.05) is 62.6 Å². The van der Waals surface area contributed by atoms with Crippen LogP contribution in [0.25, 0.3) is 11.1 Å². The SMILES string of the molecule is CCCCCCc1ccc(-c2ccc(OC(=O)c3ccc4c(c3)OCCOCCOCCOCCO4)cc2)cc1. The normalized spacial score (nSPS) is 15.0. The van der Waals surface area contributed by atoms with Crippen LogP contribution in [0.1, 0.15) is 48.5 Å². The summed E-state index contributed by atoms with van der Waals surface area (Å²) < 4.78 is 33.8. The zero-order chi connectivity index (χ0) is 27.8. The van der Waals surface area contributed by atoms with Gasteiger partial charge < -0.3 is 28.4 Å². The lowest BCUT2D eigenvalue weighted by Gasteiger charge is -2.14. The lowest BCUT2D eigenvalue weighted by molar-refractivity contribution is 0.00708. The fourth-order valence-corrected chi connectivity index (χ4v) is 4.33. The number of benzene rings is 3. The van der Waals surface area contributed by atoms with E-state index in [1.54, 1.807) is 18.2 Å². The van der Waals surface area contributed by atoms with Crippen LogP contribution in [0.5, 0.6) is 17.2 Å². The summed E-state index contributed by atoms with van der Waals surface area (Å²) >= 11 is 0. The Bertz CT molecular complexity index is 1160. The number of ether oxygens (including phenoxy) is 6. The number of carbonyl (C=O) groups excluding carboxylic acids is 1. The van der Waals surface area contributed by atoms with E-state index in [-0.39, 0.29) is 0 Å². The van der Waals surface area contributed by atoms with E-state index in [0.717, 1.165) is 17.5 Å². The third kappa shape index (κ3) is 9.66. The molecule has 40 heavy (non-hydrogen) atoms. The monoisotopic (exact) mass is 548 g/mol. The molecule has 0 aliphatic carbocycles. The molecule has 0 bridgehead atoms. The molecule has 0 spiro atoms. The Hall–Kier alpha value is -3.39. The van der Waals surface area contributed by atoms with Gasteiger partial charge in [-0.15, -0.1) is 0 Å². The summed E-state index contributed by atoms with van der Waals surface area (Å²) in [5, 5.41) is 0. The topological polar surface area (TPSA) is 72.5 Å². The number of fused-ring (bicyclic) bond motifs is 1. The van der Waals surface area contributed by atoms with E-state index in [1.807, 2.05) is 24.3 Å². The number of hydrogen-bond donors (Lipinski definition) is 0. The molecule has 0 amide bonds. The molecular formula is C33H40O7. The van der Waals surface area contributed by atoms with E-state index in [1.165, 1.54) is 31.2 Å². The van der Waals surface area contributed by atoms with Crippen molar-refractivity contribution in [1.29, 1.82) is 0 Å². The molecule has 0 aromatic heterocycles. The Morgan fingerprint density at radius 3 is 1.85 bits per heavy atom. The minimum Gasteiger partial charge on any atom is -0.487 e. The van der Waals surface area contributed by atoms with Crippen molar-refractivity contribution in [3.8, 4) is 28.4 Å². The molecule has 0 radical (unpaired) electrons. The van der Waals surface area contributed by atoms with Crippen molar-refractivity contribution in [3.63, 3.8) is 0 Å². The average Bonchev–Trinajstić information content (AvgIpc) is 2.99. The van der Waals surface area contributed by atoms with Gasteiger partial charge in [-0.25, -0.2) is 4.79 Å². The van der Waals surface area contributed by atoms with Gasteiger partial charge in [0.05, 0.1) is 45.2 Å². The first kappa shape index (κ1) is 29.6. The summed E-state index contributed by atoms with van der Waals surface area (Å²) in [6.45, 7) is 5.68. The fourth-order valence-electron chi connectivity index (χ4n) is 4.33. The molecule has 0 saturated heterocycles. The average molecular weight is 549 g/mol. The van der Waals surface area contributed by atoms with Crippen molar-refractivity contribution in [1.82, 2.24) is 0 Å². The molecule has 0 atom stereocenters. The summed E-state index contributed by atoms with van der Waals surface area (Å²) in [6.07, 6.45) is 6.18. The summed E-state index contributed by atoms with van der Waals surface area (Å²) in [5.74, 6) is 0.984. The highest BCUT2D eigenvalue weighted by atomic mass is 16.6. The molecule has 1 heterocycles. The van der Waals surface area contributed by atoms with Crippen LogP contribution in [0.2, 0.25) is 0 Å². The van der Waals surface area contributed by atoms with Crippen molar-refractivity contribution >= 4 is 5.97 Å². The van der Waals surface area contributed by atoms with Gasteiger partial charge in [0.15, 0.2) is 11.5 Å². The van der Waals surface area contributed by atoms with Gasteiger partial charge in [0.2, 0.25) is 0 Å². The molecule has 4 rings (SSSR count). The zero-order valence-corrected chi connectivity index (χ0v) is 23.4. The predicted molar refractivity (Wildman–Crippen MR) is 155 cm³/mol. The van der Waals surface area contributed by atoms with Gasteiger partial charge in [-0.2, -0.15) is 0 Å². The molecule has 3 aromatic carbocycles. The van der Waals surface area contributed by atoms with E-state index in [0.29, 0.717) is 75.7 Å². The number of carbonyl (C=O) groups is 1. The molecule has 0 unspecified atom stereocenters. The predicted octanol–water partition coefficient (Wildman–Crippen LogP) is 6.52. The molecule has 3 aromatic rings. The third-order valence-electron chi connectivity index (χ3n) is 6.57. The third-order valence-corrected chi connectivity index (χ3v) is 6.57. The lowest BCUT2D eigenvalue weighted by atomic mass is 10.0. The highest BCUT2D eigenvalue weighted by molar-refractivity contribution is 5.92. The lowest BCUT2D eigenvalue weighted by Crippen LogP contribution is -2.13. The molecule has 0 fully saturated rings. The van der Waals surface area contributed by atoms with Crippen LogP contribution in [-0.2, 0) is 20.6 Å². The maximum Gasteiger partial charge on any atom is 0.343 e. The van der Waals surface area contributed by atoms with E-state index in [2.05, 4.69) is 31.2 Å². The fraction of sp³-hybridized carbons (Fsp3) is 0.424. The first-order valence-electron chi connectivity index (χ1n) is 14.3. The summed E-state index contributed by atoms with van der Waals surface area (Å²) in [6, 6.07) is 21.3. The maximum absolute atomic E-state index is 12.9. The van der Waals surface area contributed by atoms with Crippen LogP contribution in [0, 0.1) is 0 Å². The standard InChI is InChI=1S/C33H40O7/c1-2-3-4-5-6-26-7-9-27(10-8-26)28-11-14-30(15-12-28)40-33(34)29-13-16-31-32(25-29)39-24-22-37-20-18-35-17-19-36-21-23-38-31/h7-16,25H,2-6,17-24H2,1H3. The molecular weight excluding hydrogens is 508 g/mol. The number of esters is 1. The molecule has 7 nitrogen and oxygen atoms in total. The molecule has 214 valence electrons. The van der Waals surface area contributed by atoms with Crippen molar-refractivity contribution in [2.24, 2.45) is 0 Å².